The number of hydrogen-bond donors (Lipinski definition) is 3. The second-order valence-electron chi connectivity index (χ2n) is 3.15. The highest BCUT2D eigenvalue weighted by Gasteiger charge is 2.17. The molecule has 0 aliphatic rings. The lowest BCUT2D eigenvalue weighted by Gasteiger charge is -2.14. The number of carboxylic acids is 1. The van der Waals surface area contributed by atoms with Gasteiger partial charge in [-0.3, -0.25) is 0 Å². The zero-order chi connectivity index (χ0) is 11.4. The summed E-state index contributed by atoms with van der Waals surface area (Å²) in [6.45, 7) is 1.73. The average Bonchev–Trinajstić information content (AvgIpc) is 2.16. The molecule has 0 aromatic heterocycles. The van der Waals surface area contributed by atoms with E-state index in [0.29, 0.717) is 23.5 Å². The molecule has 0 aliphatic carbocycles. The van der Waals surface area contributed by atoms with Gasteiger partial charge in [0.05, 0.1) is 5.69 Å². The lowest BCUT2D eigenvalue weighted by molar-refractivity contribution is -0.145. The zero-order valence-electron chi connectivity index (χ0n) is 8.43. The van der Waals surface area contributed by atoms with Crippen molar-refractivity contribution >= 4 is 17.3 Å². The van der Waals surface area contributed by atoms with Crippen molar-refractivity contribution < 1.29 is 14.6 Å². The second kappa shape index (κ2) is 4.54. The van der Waals surface area contributed by atoms with E-state index in [9.17, 15) is 4.79 Å². The molecule has 5 nitrogen and oxygen atoms in total. The first-order valence-corrected chi connectivity index (χ1v) is 4.59. The van der Waals surface area contributed by atoms with Gasteiger partial charge < -0.3 is 21.3 Å². The summed E-state index contributed by atoms with van der Waals surface area (Å²) in [6.07, 6.45) is -0.505. The van der Waals surface area contributed by atoms with Crippen LogP contribution in [-0.2, 0) is 4.79 Å². The van der Waals surface area contributed by atoms with Crippen molar-refractivity contribution in [3.8, 4) is 5.75 Å². The first-order chi connectivity index (χ1) is 7.04. The van der Waals surface area contributed by atoms with Gasteiger partial charge in [-0.05, 0) is 24.6 Å². The minimum absolute atomic E-state index is 0.342. The van der Waals surface area contributed by atoms with Gasteiger partial charge >= 0.3 is 5.97 Å². The number of nitrogen functional groups attached to an aromatic ring is 2. The van der Waals surface area contributed by atoms with Crippen molar-refractivity contribution in [2.45, 2.75) is 19.4 Å². The smallest absolute Gasteiger partial charge is 0.344 e. The van der Waals surface area contributed by atoms with Crippen molar-refractivity contribution in [1.29, 1.82) is 0 Å². The molecule has 0 bridgehead atoms. The highest BCUT2D eigenvalue weighted by atomic mass is 16.5. The van der Waals surface area contributed by atoms with Crippen LogP contribution in [-0.4, -0.2) is 17.2 Å². The van der Waals surface area contributed by atoms with Crippen molar-refractivity contribution in [2.24, 2.45) is 0 Å². The number of hydrogen-bond acceptors (Lipinski definition) is 4. The van der Waals surface area contributed by atoms with E-state index in [4.69, 9.17) is 21.3 Å². The van der Waals surface area contributed by atoms with Crippen LogP contribution < -0.4 is 16.2 Å². The molecule has 1 rings (SSSR count). The number of aliphatic carboxylic acids is 1. The molecule has 5 N–H and O–H groups in total. The third-order valence-corrected chi connectivity index (χ3v) is 1.95. The van der Waals surface area contributed by atoms with Gasteiger partial charge in [0.1, 0.15) is 5.75 Å². The van der Waals surface area contributed by atoms with Crippen LogP contribution in [0.15, 0.2) is 18.2 Å². The fourth-order valence-corrected chi connectivity index (χ4v) is 1.14. The molecule has 1 aromatic carbocycles. The molecule has 0 saturated carbocycles. The zero-order valence-corrected chi connectivity index (χ0v) is 8.43. The molecule has 15 heavy (non-hydrogen) atoms. The van der Waals surface area contributed by atoms with Crippen LogP contribution in [0.4, 0.5) is 11.4 Å². The molecule has 82 valence electrons. The van der Waals surface area contributed by atoms with E-state index in [1.54, 1.807) is 19.1 Å². The Morgan fingerprint density at radius 3 is 2.67 bits per heavy atom. The topological polar surface area (TPSA) is 98.6 Å². The van der Waals surface area contributed by atoms with Crippen LogP contribution in [0.1, 0.15) is 13.3 Å². The average molecular weight is 210 g/mol. The van der Waals surface area contributed by atoms with E-state index in [0.717, 1.165) is 0 Å². The quantitative estimate of drug-likeness (QED) is 0.646. The first kappa shape index (κ1) is 11.2. The molecule has 0 amide bonds. The van der Waals surface area contributed by atoms with Crippen LogP contribution in [0.25, 0.3) is 0 Å². The lowest BCUT2D eigenvalue weighted by Crippen LogP contribution is -2.26. The van der Waals surface area contributed by atoms with Crippen LogP contribution in [0.5, 0.6) is 5.75 Å². The summed E-state index contributed by atoms with van der Waals surface area (Å²) in [5, 5.41) is 8.79. The highest BCUT2D eigenvalue weighted by molar-refractivity contribution is 5.73. The number of benzene rings is 1. The number of carboxylic acid groups (broad SMARTS) is 1. The van der Waals surface area contributed by atoms with Gasteiger partial charge in [-0.15, -0.1) is 0 Å². The second-order valence-corrected chi connectivity index (χ2v) is 3.15. The largest absolute Gasteiger partial charge is 0.479 e. The summed E-state index contributed by atoms with van der Waals surface area (Å²) >= 11 is 0. The van der Waals surface area contributed by atoms with Crippen LogP contribution in [0.3, 0.4) is 0 Å². The van der Waals surface area contributed by atoms with Gasteiger partial charge in [-0.2, -0.15) is 0 Å². The number of anilines is 2. The van der Waals surface area contributed by atoms with E-state index in [2.05, 4.69) is 0 Å². The van der Waals surface area contributed by atoms with E-state index in [1.807, 2.05) is 0 Å². The van der Waals surface area contributed by atoms with Crippen LogP contribution in [0, 0.1) is 0 Å². The Labute approximate surface area is 87.6 Å². The maximum Gasteiger partial charge on any atom is 0.344 e. The molecule has 1 atom stereocenters. The molecule has 0 aliphatic heterocycles. The molecule has 0 heterocycles. The van der Waals surface area contributed by atoms with Gasteiger partial charge in [0.25, 0.3) is 0 Å². The highest BCUT2D eigenvalue weighted by Crippen LogP contribution is 2.25. The molecule has 0 saturated heterocycles. The Kier molecular flexibility index (Phi) is 3.38. The first-order valence-electron chi connectivity index (χ1n) is 4.59. The third-order valence-electron chi connectivity index (χ3n) is 1.95. The Morgan fingerprint density at radius 2 is 2.20 bits per heavy atom. The van der Waals surface area contributed by atoms with E-state index in [1.165, 1.54) is 6.07 Å². The molecule has 1 unspecified atom stereocenters. The van der Waals surface area contributed by atoms with E-state index < -0.39 is 12.1 Å². The third kappa shape index (κ3) is 2.77. The standard InChI is InChI=1S/C10H14N2O3/c1-2-8(10(13)14)15-9-4-3-6(11)5-7(9)12/h3-5,8H,2,11-12H2,1H3,(H,13,14). The predicted octanol–water partition coefficient (Wildman–Crippen LogP) is 1.09. The molecule has 1 aromatic rings. The lowest BCUT2D eigenvalue weighted by atomic mass is 10.2. The van der Waals surface area contributed by atoms with E-state index in [-0.39, 0.29) is 0 Å². The number of rotatable bonds is 4. The number of nitrogens with two attached hydrogens (primary N) is 2. The molecular weight excluding hydrogens is 196 g/mol. The Morgan fingerprint density at radius 1 is 1.53 bits per heavy atom. The molecular formula is C10H14N2O3. The fourth-order valence-electron chi connectivity index (χ4n) is 1.14. The summed E-state index contributed by atoms with van der Waals surface area (Å²) < 4.78 is 5.23. The fraction of sp³-hybridized carbons (Fsp3) is 0.300. The van der Waals surface area contributed by atoms with E-state index >= 15 is 0 Å². The maximum atomic E-state index is 10.7. The SMILES string of the molecule is CCC(Oc1ccc(N)cc1N)C(=O)O. The monoisotopic (exact) mass is 210 g/mol. The van der Waals surface area contributed by atoms with Crippen molar-refractivity contribution in [3.05, 3.63) is 18.2 Å². The molecule has 0 radical (unpaired) electrons. The number of ether oxygens (including phenoxy) is 1. The maximum absolute atomic E-state index is 10.7. The van der Waals surface area contributed by atoms with Crippen molar-refractivity contribution in [2.75, 3.05) is 11.5 Å². The minimum Gasteiger partial charge on any atom is -0.479 e. The number of carbonyl (C=O) groups is 1. The Balaban J connectivity index is 2.84. The van der Waals surface area contributed by atoms with Gasteiger partial charge in [-0.1, -0.05) is 6.92 Å². The predicted molar refractivity (Wildman–Crippen MR) is 57.6 cm³/mol. The summed E-state index contributed by atoms with van der Waals surface area (Å²) in [7, 11) is 0. The summed E-state index contributed by atoms with van der Waals surface area (Å²) in [6, 6.07) is 4.71. The normalized spacial score (nSPS) is 12.1. The molecule has 0 fully saturated rings. The van der Waals surface area contributed by atoms with Crippen LogP contribution in [0.2, 0.25) is 0 Å². The summed E-state index contributed by atoms with van der Waals surface area (Å²) in [5.41, 5.74) is 12.0. The summed E-state index contributed by atoms with van der Waals surface area (Å²) in [4.78, 5) is 10.7. The Hall–Kier alpha value is -1.91. The van der Waals surface area contributed by atoms with Gasteiger partial charge in [0.15, 0.2) is 6.10 Å². The Bertz CT molecular complexity index is 366. The van der Waals surface area contributed by atoms with Gasteiger partial charge in [0.2, 0.25) is 0 Å². The minimum atomic E-state index is -1.01. The molecule has 5 heteroatoms. The molecule has 0 spiro atoms. The van der Waals surface area contributed by atoms with Gasteiger partial charge in [0, 0.05) is 5.69 Å². The van der Waals surface area contributed by atoms with Crippen molar-refractivity contribution in [3.63, 3.8) is 0 Å². The summed E-state index contributed by atoms with van der Waals surface area (Å²) in [5.74, 6) is -0.660. The van der Waals surface area contributed by atoms with Gasteiger partial charge in [-0.25, -0.2) is 4.79 Å². The van der Waals surface area contributed by atoms with Crippen LogP contribution >= 0.6 is 0 Å². The van der Waals surface area contributed by atoms with Crippen molar-refractivity contribution in [1.82, 2.24) is 0 Å².